The molecule has 2 N–H and O–H groups in total. The van der Waals surface area contributed by atoms with E-state index in [9.17, 15) is 10.1 Å². The molecule has 1 aromatic heterocycles. The fourth-order valence-electron chi connectivity index (χ4n) is 1.22. The van der Waals surface area contributed by atoms with E-state index in [2.05, 4.69) is 9.59 Å². The van der Waals surface area contributed by atoms with E-state index < -0.39 is 4.92 Å². The van der Waals surface area contributed by atoms with Gasteiger partial charge in [0.05, 0.1) is 4.92 Å². The van der Waals surface area contributed by atoms with E-state index >= 15 is 0 Å². The SMILES string of the molecule is Nc1snnc1COc1cc(Cl)ccc1[N+](=O)[O-]. The summed E-state index contributed by atoms with van der Waals surface area (Å²) in [4.78, 5) is 10.2. The van der Waals surface area contributed by atoms with Crippen molar-refractivity contribution in [3.8, 4) is 5.75 Å². The van der Waals surface area contributed by atoms with Crippen LogP contribution in [-0.4, -0.2) is 14.5 Å². The second kappa shape index (κ2) is 5.15. The van der Waals surface area contributed by atoms with Gasteiger partial charge in [0, 0.05) is 28.7 Å². The smallest absolute Gasteiger partial charge is 0.311 e. The van der Waals surface area contributed by atoms with Crippen molar-refractivity contribution in [3.05, 3.63) is 39.0 Å². The molecule has 0 amide bonds. The van der Waals surface area contributed by atoms with E-state index in [1.54, 1.807) is 0 Å². The Hall–Kier alpha value is -1.93. The van der Waals surface area contributed by atoms with Crippen molar-refractivity contribution in [1.82, 2.24) is 9.59 Å². The number of aromatic nitrogens is 2. The third kappa shape index (κ3) is 2.66. The summed E-state index contributed by atoms with van der Waals surface area (Å²) in [6.07, 6.45) is 0. The monoisotopic (exact) mass is 286 g/mol. The normalized spacial score (nSPS) is 10.3. The first-order chi connectivity index (χ1) is 8.58. The van der Waals surface area contributed by atoms with E-state index in [-0.39, 0.29) is 18.0 Å². The molecule has 0 bridgehead atoms. The molecule has 1 aromatic carbocycles. The predicted octanol–water partition coefficient (Wildman–Crippen LogP) is 2.26. The maximum Gasteiger partial charge on any atom is 0.311 e. The van der Waals surface area contributed by atoms with Gasteiger partial charge in [0.2, 0.25) is 0 Å². The highest BCUT2D eigenvalue weighted by Crippen LogP contribution is 2.30. The lowest BCUT2D eigenvalue weighted by atomic mass is 10.3. The van der Waals surface area contributed by atoms with Crippen molar-refractivity contribution in [2.24, 2.45) is 0 Å². The summed E-state index contributed by atoms with van der Waals surface area (Å²) in [7, 11) is 0. The molecule has 2 rings (SSSR count). The Kier molecular flexibility index (Phi) is 3.58. The minimum atomic E-state index is -0.547. The van der Waals surface area contributed by atoms with Gasteiger partial charge >= 0.3 is 5.69 Å². The summed E-state index contributed by atoms with van der Waals surface area (Å²) >= 11 is 6.79. The van der Waals surface area contributed by atoms with Crippen LogP contribution in [0.25, 0.3) is 0 Å². The highest BCUT2D eigenvalue weighted by molar-refractivity contribution is 7.09. The number of ether oxygens (including phenoxy) is 1. The predicted molar refractivity (Wildman–Crippen MR) is 66.8 cm³/mol. The van der Waals surface area contributed by atoms with Crippen LogP contribution in [0.5, 0.6) is 5.75 Å². The van der Waals surface area contributed by atoms with Crippen LogP contribution in [0.2, 0.25) is 5.02 Å². The fraction of sp³-hybridized carbons (Fsp3) is 0.111. The van der Waals surface area contributed by atoms with Gasteiger partial charge in [-0.15, -0.1) is 5.10 Å². The van der Waals surface area contributed by atoms with Gasteiger partial charge in [-0.3, -0.25) is 10.1 Å². The van der Waals surface area contributed by atoms with Crippen LogP contribution < -0.4 is 10.5 Å². The zero-order valence-corrected chi connectivity index (χ0v) is 10.4. The van der Waals surface area contributed by atoms with Crippen LogP contribution in [0.3, 0.4) is 0 Å². The van der Waals surface area contributed by atoms with E-state index in [4.69, 9.17) is 22.1 Å². The Morgan fingerprint density at radius 2 is 2.33 bits per heavy atom. The zero-order chi connectivity index (χ0) is 13.1. The molecule has 0 saturated heterocycles. The van der Waals surface area contributed by atoms with Crippen LogP contribution in [0.15, 0.2) is 18.2 Å². The Morgan fingerprint density at radius 1 is 1.56 bits per heavy atom. The van der Waals surface area contributed by atoms with Gasteiger partial charge in [-0.25, -0.2) is 0 Å². The van der Waals surface area contributed by atoms with Crippen LogP contribution in [-0.2, 0) is 6.61 Å². The summed E-state index contributed by atoms with van der Waals surface area (Å²) in [5, 5.41) is 15.3. The van der Waals surface area contributed by atoms with E-state index in [0.717, 1.165) is 11.5 Å². The number of hydrogen-bond acceptors (Lipinski definition) is 7. The molecule has 0 saturated carbocycles. The molecule has 0 aliphatic rings. The maximum absolute atomic E-state index is 10.8. The van der Waals surface area contributed by atoms with Gasteiger partial charge in [-0.2, -0.15) is 0 Å². The Morgan fingerprint density at radius 3 is 2.94 bits per heavy atom. The topological polar surface area (TPSA) is 104 Å². The van der Waals surface area contributed by atoms with Crippen LogP contribution >= 0.6 is 23.1 Å². The van der Waals surface area contributed by atoms with Crippen molar-refractivity contribution >= 4 is 33.8 Å². The molecule has 7 nitrogen and oxygen atoms in total. The number of nitrogen functional groups attached to an aromatic ring is 1. The zero-order valence-electron chi connectivity index (χ0n) is 8.87. The van der Waals surface area contributed by atoms with Crippen LogP contribution in [0.4, 0.5) is 10.7 Å². The van der Waals surface area contributed by atoms with Gasteiger partial charge < -0.3 is 10.5 Å². The summed E-state index contributed by atoms with van der Waals surface area (Å²) in [6.45, 7) is 0.00349. The van der Waals surface area contributed by atoms with Crippen molar-refractivity contribution in [1.29, 1.82) is 0 Å². The average molecular weight is 287 g/mol. The molecule has 0 radical (unpaired) electrons. The lowest BCUT2D eigenvalue weighted by molar-refractivity contribution is -0.385. The van der Waals surface area contributed by atoms with Gasteiger partial charge in [0.1, 0.15) is 17.3 Å². The number of nitrogens with zero attached hydrogens (tertiary/aromatic N) is 3. The molecule has 0 unspecified atom stereocenters. The molecular weight excluding hydrogens is 280 g/mol. The first kappa shape index (κ1) is 12.5. The molecule has 94 valence electrons. The van der Waals surface area contributed by atoms with Gasteiger partial charge in [0.25, 0.3) is 0 Å². The summed E-state index contributed by atoms with van der Waals surface area (Å²) < 4.78 is 8.94. The first-order valence-electron chi connectivity index (χ1n) is 4.71. The third-order valence-electron chi connectivity index (χ3n) is 2.07. The summed E-state index contributed by atoms with van der Waals surface area (Å²) in [5.41, 5.74) is 5.86. The lowest BCUT2D eigenvalue weighted by Crippen LogP contribution is -2.01. The van der Waals surface area contributed by atoms with Crippen molar-refractivity contribution < 1.29 is 9.66 Å². The minimum Gasteiger partial charge on any atom is -0.480 e. The number of nitro benzene ring substituents is 1. The summed E-state index contributed by atoms with van der Waals surface area (Å²) in [5.74, 6) is 0.0694. The molecular formula is C9H7ClN4O3S. The molecule has 0 fully saturated rings. The second-order valence-electron chi connectivity index (χ2n) is 3.24. The molecule has 2 aromatic rings. The first-order valence-corrected chi connectivity index (χ1v) is 5.86. The van der Waals surface area contributed by atoms with Crippen LogP contribution in [0, 0.1) is 10.1 Å². The van der Waals surface area contributed by atoms with Crippen molar-refractivity contribution in [2.45, 2.75) is 6.61 Å². The number of benzene rings is 1. The van der Waals surface area contributed by atoms with Crippen molar-refractivity contribution in [3.63, 3.8) is 0 Å². The quantitative estimate of drug-likeness (QED) is 0.683. The molecule has 0 spiro atoms. The van der Waals surface area contributed by atoms with E-state index in [1.165, 1.54) is 18.2 Å². The number of rotatable bonds is 4. The minimum absolute atomic E-state index is 0.00349. The molecule has 0 atom stereocenters. The van der Waals surface area contributed by atoms with Crippen LogP contribution in [0.1, 0.15) is 5.69 Å². The van der Waals surface area contributed by atoms with Gasteiger partial charge in [0.15, 0.2) is 5.75 Å². The molecule has 1 heterocycles. The Balaban J connectivity index is 2.20. The van der Waals surface area contributed by atoms with E-state index in [0.29, 0.717) is 15.7 Å². The number of nitrogens with two attached hydrogens (primary N) is 1. The van der Waals surface area contributed by atoms with Gasteiger partial charge in [-0.1, -0.05) is 16.1 Å². The molecule has 0 aliphatic carbocycles. The maximum atomic E-state index is 10.8. The standard InChI is InChI=1S/C9H7ClN4O3S/c10-5-1-2-7(14(15)16)8(3-5)17-4-6-9(11)18-13-12-6/h1-3H,4,11H2. The molecule has 18 heavy (non-hydrogen) atoms. The average Bonchev–Trinajstić information content (AvgIpc) is 2.72. The second-order valence-corrected chi connectivity index (χ2v) is 4.46. The fourth-order valence-corrected chi connectivity index (χ4v) is 1.81. The Labute approximate surface area is 110 Å². The number of hydrogen-bond donors (Lipinski definition) is 1. The summed E-state index contributed by atoms with van der Waals surface area (Å²) in [6, 6.07) is 4.07. The Bertz CT molecular complexity index is 589. The molecule has 0 aliphatic heterocycles. The third-order valence-corrected chi connectivity index (χ3v) is 2.90. The highest BCUT2D eigenvalue weighted by Gasteiger charge is 2.16. The number of nitro groups is 1. The largest absolute Gasteiger partial charge is 0.480 e. The highest BCUT2D eigenvalue weighted by atomic mass is 35.5. The number of anilines is 1. The van der Waals surface area contributed by atoms with E-state index in [1.807, 2.05) is 0 Å². The van der Waals surface area contributed by atoms with Crippen molar-refractivity contribution in [2.75, 3.05) is 5.73 Å². The van der Waals surface area contributed by atoms with Gasteiger partial charge in [-0.05, 0) is 6.07 Å². The molecule has 9 heteroatoms. The number of halogens is 1. The lowest BCUT2D eigenvalue weighted by Gasteiger charge is -2.05.